The predicted molar refractivity (Wildman–Crippen MR) is 102 cm³/mol. The van der Waals surface area contributed by atoms with Gasteiger partial charge >= 0.3 is 0 Å². The van der Waals surface area contributed by atoms with Crippen LogP contribution in [0.4, 0.5) is 17.2 Å². The molecule has 0 fully saturated rings. The van der Waals surface area contributed by atoms with Crippen LogP contribution in [-0.2, 0) is 0 Å². The Bertz CT molecular complexity index is 923. The van der Waals surface area contributed by atoms with Crippen molar-refractivity contribution in [2.75, 3.05) is 17.7 Å². The Morgan fingerprint density at radius 1 is 0.962 bits per heavy atom. The number of aromatic nitrogens is 2. The Morgan fingerprint density at radius 3 is 2.46 bits per heavy atom. The topological polar surface area (TPSA) is 76.1 Å². The fraction of sp³-hybridized carbons (Fsp3) is 0.150. The molecule has 0 saturated heterocycles. The number of rotatable bonds is 5. The van der Waals surface area contributed by atoms with Crippen LogP contribution < -0.4 is 15.4 Å². The molecule has 0 aliphatic carbocycles. The molecule has 0 radical (unpaired) electrons. The molecule has 3 rings (SSSR count). The summed E-state index contributed by atoms with van der Waals surface area (Å²) in [5.41, 5.74) is 3.94. The number of methoxy groups -OCH3 is 1. The molecule has 6 heteroatoms. The number of carbonyl (C=O) groups excluding carboxylic acids is 1. The largest absolute Gasteiger partial charge is 0.495 e. The first-order valence-electron chi connectivity index (χ1n) is 8.18. The van der Waals surface area contributed by atoms with E-state index < -0.39 is 0 Å². The van der Waals surface area contributed by atoms with Gasteiger partial charge < -0.3 is 15.4 Å². The highest BCUT2D eigenvalue weighted by atomic mass is 16.5. The van der Waals surface area contributed by atoms with E-state index in [0.717, 1.165) is 22.5 Å². The minimum absolute atomic E-state index is 0.247. The van der Waals surface area contributed by atoms with Crippen molar-refractivity contribution in [2.45, 2.75) is 13.8 Å². The third kappa shape index (κ3) is 3.80. The maximum absolute atomic E-state index is 12.4. The van der Waals surface area contributed by atoms with Crippen LogP contribution in [0.2, 0.25) is 0 Å². The van der Waals surface area contributed by atoms with E-state index >= 15 is 0 Å². The van der Waals surface area contributed by atoms with E-state index in [1.807, 2.05) is 56.3 Å². The maximum atomic E-state index is 12.4. The molecule has 1 heterocycles. The van der Waals surface area contributed by atoms with E-state index in [1.165, 1.54) is 12.4 Å². The zero-order valence-electron chi connectivity index (χ0n) is 14.9. The molecule has 0 unspecified atom stereocenters. The van der Waals surface area contributed by atoms with E-state index in [-0.39, 0.29) is 11.6 Å². The van der Waals surface area contributed by atoms with Gasteiger partial charge in [0.15, 0.2) is 0 Å². The molecule has 0 bridgehead atoms. The van der Waals surface area contributed by atoms with Crippen LogP contribution in [0.5, 0.6) is 5.75 Å². The highest BCUT2D eigenvalue weighted by molar-refractivity contribution is 6.03. The van der Waals surface area contributed by atoms with Gasteiger partial charge in [-0.3, -0.25) is 4.79 Å². The lowest BCUT2D eigenvalue weighted by Crippen LogP contribution is -2.15. The number of hydrogen-bond donors (Lipinski definition) is 2. The number of nitrogens with zero attached hydrogens (tertiary/aromatic N) is 2. The van der Waals surface area contributed by atoms with Crippen LogP contribution in [-0.4, -0.2) is 23.0 Å². The van der Waals surface area contributed by atoms with Crippen molar-refractivity contribution in [3.05, 3.63) is 71.7 Å². The summed E-state index contributed by atoms with van der Waals surface area (Å²) in [6.45, 7) is 3.97. The Hall–Kier alpha value is -3.41. The summed E-state index contributed by atoms with van der Waals surface area (Å²) in [7, 11) is 1.60. The number of aryl methyl sites for hydroxylation is 1. The van der Waals surface area contributed by atoms with E-state index in [2.05, 4.69) is 20.6 Å². The molecule has 0 atom stereocenters. The SMILES string of the molecule is COc1ccccc1Nc1cnc(C(=O)Nc2cccc(C)c2C)cn1. The van der Waals surface area contributed by atoms with Crippen LogP contribution in [0.3, 0.4) is 0 Å². The van der Waals surface area contributed by atoms with Crippen molar-refractivity contribution >= 4 is 23.1 Å². The Morgan fingerprint density at radius 2 is 1.73 bits per heavy atom. The second-order valence-corrected chi connectivity index (χ2v) is 5.81. The number of ether oxygens (including phenoxy) is 1. The molecule has 1 aromatic heterocycles. The van der Waals surface area contributed by atoms with Crippen LogP contribution >= 0.6 is 0 Å². The lowest BCUT2D eigenvalue weighted by Gasteiger charge is -2.11. The minimum Gasteiger partial charge on any atom is -0.495 e. The van der Waals surface area contributed by atoms with Gasteiger partial charge in [0.05, 0.1) is 25.2 Å². The molecule has 6 nitrogen and oxygen atoms in total. The summed E-state index contributed by atoms with van der Waals surface area (Å²) in [4.78, 5) is 20.9. The summed E-state index contributed by atoms with van der Waals surface area (Å²) in [5, 5.41) is 6.00. The summed E-state index contributed by atoms with van der Waals surface area (Å²) >= 11 is 0. The van der Waals surface area contributed by atoms with Gasteiger partial charge in [-0.25, -0.2) is 9.97 Å². The first kappa shape index (κ1) is 17.4. The van der Waals surface area contributed by atoms with Gasteiger partial charge in [0.1, 0.15) is 17.3 Å². The Kier molecular flexibility index (Phi) is 5.12. The predicted octanol–water partition coefficient (Wildman–Crippen LogP) is 4.10. The maximum Gasteiger partial charge on any atom is 0.275 e. The molecule has 26 heavy (non-hydrogen) atoms. The lowest BCUT2D eigenvalue weighted by atomic mass is 10.1. The molecule has 132 valence electrons. The van der Waals surface area contributed by atoms with Gasteiger partial charge in [0, 0.05) is 5.69 Å². The van der Waals surface area contributed by atoms with Crippen LogP contribution in [0.25, 0.3) is 0 Å². The van der Waals surface area contributed by atoms with Crippen LogP contribution in [0, 0.1) is 13.8 Å². The molecular weight excluding hydrogens is 328 g/mol. The van der Waals surface area contributed by atoms with Gasteiger partial charge in [-0.05, 0) is 43.2 Å². The highest BCUT2D eigenvalue weighted by Gasteiger charge is 2.11. The molecule has 2 aromatic carbocycles. The van der Waals surface area contributed by atoms with Crippen LogP contribution in [0.15, 0.2) is 54.9 Å². The third-order valence-electron chi connectivity index (χ3n) is 4.11. The monoisotopic (exact) mass is 348 g/mol. The number of anilines is 3. The molecule has 0 aliphatic rings. The Labute approximate surface area is 152 Å². The zero-order chi connectivity index (χ0) is 18.5. The van der Waals surface area contributed by atoms with Crippen molar-refractivity contribution in [3.63, 3.8) is 0 Å². The van der Waals surface area contributed by atoms with E-state index in [0.29, 0.717) is 11.6 Å². The molecule has 0 aliphatic heterocycles. The van der Waals surface area contributed by atoms with Gasteiger partial charge in [-0.15, -0.1) is 0 Å². The molecule has 0 saturated carbocycles. The number of nitrogens with one attached hydrogen (secondary N) is 2. The van der Waals surface area contributed by atoms with Gasteiger partial charge in [0.25, 0.3) is 5.91 Å². The highest BCUT2D eigenvalue weighted by Crippen LogP contribution is 2.25. The first-order chi connectivity index (χ1) is 12.6. The van der Waals surface area contributed by atoms with E-state index in [4.69, 9.17) is 4.74 Å². The summed E-state index contributed by atoms with van der Waals surface area (Å²) < 4.78 is 5.29. The number of benzene rings is 2. The number of para-hydroxylation sites is 2. The van der Waals surface area contributed by atoms with Crippen molar-refractivity contribution in [2.24, 2.45) is 0 Å². The average Bonchev–Trinajstić information content (AvgIpc) is 2.66. The second kappa shape index (κ2) is 7.65. The van der Waals surface area contributed by atoms with Crippen molar-refractivity contribution in [1.29, 1.82) is 0 Å². The molecule has 1 amide bonds. The van der Waals surface area contributed by atoms with Gasteiger partial charge in [-0.2, -0.15) is 0 Å². The van der Waals surface area contributed by atoms with Gasteiger partial charge in [-0.1, -0.05) is 24.3 Å². The fourth-order valence-electron chi connectivity index (χ4n) is 2.47. The summed E-state index contributed by atoms with van der Waals surface area (Å²) in [6, 6.07) is 13.3. The quantitative estimate of drug-likeness (QED) is 0.726. The smallest absolute Gasteiger partial charge is 0.275 e. The zero-order valence-corrected chi connectivity index (χ0v) is 14.9. The molecule has 3 aromatic rings. The van der Waals surface area contributed by atoms with E-state index in [9.17, 15) is 4.79 Å². The number of hydrogen-bond acceptors (Lipinski definition) is 5. The Balaban J connectivity index is 1.73. The first-order valence-corrected chi connectivity index (χ1v) is 8.18. The normalized spacial score (nSPS) is 10.3. The van der Waals surface area contributed by atoms with Crippen molar-refractivity contribution in [1.82, 2.24) is 9.97 Å². The second-order valence-electron chi connectivity index (χ2n) is 5.81. The van der Waals surface area contributed by atoms with Gasteiger partial charge in [0.2, 0.25) is 0 Å². The fourth-order valence-corrected chi connectivity index (χ4v) is 2.47. The van der Waals surface area contributed by atoms with Crippen LogP contribution in [0.1, 0.15) is 21.6 Å². The molecular formula is C20H20N4O2. The lowest BCUT2D eigenvalue weighted by molar-refractivity contribution is 0.102. The van der Waals surface area contributed by atoms with Crippen molar-refractivity contribution in [3.8, 4) is 5.75 Å². The number of amides is 1. The summed E-state index contributed by atoms with van der Waals surface area (Å²) in [5.74, 6) is 0.930. The third-order valence-corrected chi connectivity index (χ3v) is 4.11. The minimum atomic E-state index is -0.296. The molecule has 0 spiro atoms. The summed E-state index contributed by atoms with van der Waals surface area (Å²) in [6.07, 6.45) is 2.96. The van der Waals surface area contributed by atoms with Crippen molar-refractivity contribution < 1.29 is 9.53 Å². The molecule has 2 N–H and O–H groups in total. The average molecular weight is 348 g/mol. The standard InChI is InChI=1S/C20H20N4O2/c1-13-7-6-9-15(14(13)2)24-20(25)17-11-22-19(12-21-17)23-16-8-4-5-10-18(16)26-3/h4-12H,1-3H3,(H,22,23)(H,24,25). The van der Waals surface area contributed by atoms with E-state index in [1.54, 1.807) is 7.11 Å². The number of carbonyl (C=O) groups is 1.